The van der Waals surface area contributed by atoms with Crippen molar-refractivity contribution in [3.05, 3.63) is 77.7 Å². The molecule has 0 atom stereocenters. The van der Waals surface area contributed by atoms with Gasteiger partial charge in [-0.15, -0.1) is 0 Å². The fourth-order valence-electron chi connectivity index (χ4n) is 1.96. The number of rotatable bonds is 4. The lowest BCUT2D eigenvalue weighted by Gasteiger charge is -2.17. The fraction of sp³-hybridized carbons (Fsp3) is 0.188. The minimum atomic E-state index is -0.808. The molecule has 0 spiro atoms. The Hall–Kier alpha value is -1.74. The summed E-state index contributed by atoms with van der Waals surface area (Å²) in [5, 5.41) is 0. The van der Waals surface area contributed by atoms with Crippen LogP contribution in [0.5, 0.6) is 0 Å². The first-order chi connectivity index (χ1) is 9.04. The van der Waals surface area contributed by atoms with Gasteiger partial charge in [0.25, 0.3) is 0 Å². The van der Waals surface area contributed by atoms with E-state index in [-0.39, 0.29) is 0 Å². The Morgan fingerprint density at radius 1 is 0.895 bits per heavy atom. The van der Waals surface area contributed by atoms with Gasteiger partial charge in [-0.25, -0.2) is 8.78 Å². The van der Waals surface area contributed by atoms with E-state index < -0.39 is 11.6 Å². The van der Waals surface area contributed by atoms with E-state index in [0.717, 1.165) is 29.3 Å². The molecule has 0 bridgehead atoms. The van der Waals surface area contributed by atoms with E-state index >= 15 is 0 Å². The van der Waals surface area contributed by atoms with Gasteiger partial charge in [-0.2, -0.15) is 0 Å². The van der Waals surface area contributed by atoms with Crippen molar-refractivity contribution in [3.8, 4) is 0 Å². The number of benzene rings is 2. The van der Waals surface area contributed by atoms with Gasteiger partial charge in [0.2, 0.25) is 0 Å². The van der Waals surface area contributed by atoms with E-state index in [0.29, 0.717) is 6.54 Å². The summed E-state index contributed by atoms with van der Waals surface area (Å²) >= 11 is 0. The van der Waals surface area contributed by atoms with Crippen LogP contribution in [0.3, 0.4) is 0 Å². The predicted octanol–water partition coefficient (Wildman–Crippen LogP) is 3.78. The van der Waals surface area contributed by atoms with Gasteiger partial charge in [-0.05, 0) is 42.8 Å². The minimum Gasteiger partial charge on any atom is -0.298 e. The van der Waals surface area contributed by atoms with E-state index in [1.165, 1.54) is 6.07 Å². The SMILES string of the molecule is [CH2]c1ccc(CN(C)Cc2ccc(F)c(F)c2)cc1. The van der Waals surface area contributed by atoms with Crippen molar-refractivity contribution in [2.75, 3.05) is 7.05 Å². The molecule has 19 heavy (non-hydrogen) atoms. The van der Waals surface area contributed by atoms with Gasteiger partial charge in [0.1, 0.15) is 0 Å². The van der Waals surface area contributed by atoms with Crippen LogP contribution in [0.15, 0.2) is 42.5 Å². The molecule has 0 fully saturated rings. The molecule has 0 saturated carbocycles. The monoisotopic (exact) mass is 260 g/mol. The highest BCUT2D eigenvalue weighted by Gasteiger charge is 2.05. The fourth-order valence-corrected chi connectivity index (χ4v) is 1.96. The largest absolute Gasteiger partial charge is 0.298 e. The first-order valence-corrected chi connectivity index (χ1v) is 6.08. The highest BCUT2D eigenvalue weighted by molar-refractivity contribution is 5.24. The summed E-state index contributed by atoms with van der Waals surface area (Å²) in [5.74, 6) is -1.61. The average molecular weight is 260 g/mol. The maximum Gasteiger partial charge on any atom is 0.159 e. The van der Waals surface area contributed by atoms with Crippen LogP contribution < -0.4 is 0 Å². The molecule has 2 aromatic rings. The maximum atomic E-state index is 13.1. The zero-order valence-electron chi connectivity index (χ0n) is 10.9. The lowest BCUT2D eigenvalue weighted by Crippen LogP contribution is -2.17. The number of hydrogen-bond acceptors (Lipinski definition) is 1. The lowest BCUT2D eigenvalue weighted by molar-refractivity contribution is 0.318. The first-order valence-electron chi connectivity index (χ1n) is 6.08. The van der Waals surface area contributed by atoms with Gasteiger partial charge in [0, 0.05) is 13.1 Å². The maximum absolute atomic E-state index is 13.1. The molecule has 0 amide bonds. The number of nitrogens with zero attached hydrogens (tertiary/aromatic N) is 1. The first kappa shape index (κ1) is 13.7. The third kappa shape index (κ3) is 3.86. The second-order valence-electron chi connectivity index (χ2n) is 4.74. The zero-order chi connectivity index (χ0) is 13.8. The summed E-state index contributed by atoms with van der Waals surface area (Å²) in [5.41, 5.74) is 2.90. The number of hydrogen-bond donors (Lipinski definition) is 0. The quantitative estimate of drug-likeness (QED) is 0.808. The van der Waals surface area contributed by atoms with Crippen LogP contribution in [0, 0.1) is 18.6 Å². The Balaban J connectivity index is 1.98. The van der Waals surface area contributed by atoms with Gasteiger partial charge < -0.3 is 0 Å². The molecule has 2 rings (SSSR count). The second-order valence-corrected chi connectivity index (χ2v) is 4.74. The van der Waals surface area contributed by atoms with Gasteiger partial charge in [0.05, 0.1) is 0 Å². The van der Waals surface area contributed by atoms with Crippen molar-refractivity contribution >= 4 is 0 Å². The third-order valence-electron chi connectivity index (χ3n) is 2.91. The molecule has 0 N–H and O–H groups in total. The Morgan fingerprint density at radius 3 is 2.11 bits per heavy atom. The van der Waals surface area contributed by atoms with Gasteiger partial charge in [-0.3, -0.25) is 4.90 Å². The molecular formula is C16H16F2N. The summed E-state index contributed by atoms with van der Waals surface area (Å²) < 4.78 is 25.9. The van der Waals surface area contributed by atoms with Crippen molar-refractivity contribution in [3.63, 3.8) is 0 Å². The second kappa shape index (κ2) is 5.93. The summed E-state index contributed by atoms with van der Waals surface area (Å²) in [4.78, 5) is 2.05. The summed E-state index contributed by atoms with van der Waals surface area (Å²) in [6.45, 7) is 5.16. The molecule has 0 aliphatic heterocycles. The molecule has 2 aromatic carbocycles. The van der Waals surface area contributed by atoms with E-state index in [9.17, 15) is 8.78 Å². The van der Waals surface area contributed by atoms with Gasteiger partial charge >= 0.3 is 0 Å². The lowest BCUT2D eigenvalue weighted by atomic mass is 10.1. The third-order valence-corrected chi connectivity index (χ3v) is 2.91. The zero-order valence-corrected chi connectivity index (χ0v) is 10.9. The standard InChI is InChI=1S/C16H16F2N/c1-12-3-5-13(6-4-12)10-19(2)11-14-7-8-15(17)16(18)9-14/h3-9H,1,10-11H2,2H3. The summed E-state index contributed by atoms with van der Waals surface area (Å²) in [6.07, 6.45) is 0. The Kier molecular flexibility index (Phi) is 4.27. The molecule has 0 saturated heterocycles. The Labute approximate surface area is 112 Å². The number of halogens is 2. The van der Waals surface area contributed by atoms with Gasteiger partial charge in [0.15, 0.2) is 11.6 Å². The van der Waals surface area contributed by atoms with Crippen molar-refractivity contribution in [1.29, 1.82) is 0 Å². The molecule has 3 heteroatoms. The normalized spacial score (nSPS) is 11.0. The van der Waals surface area contributed by atoms with Crippen molar-refractivity contribution in [1.82, 2.24) is 4.90 Å². The van der Waals surface area contributed by atoms with Crippen LogP contribution >= 0.6 is 0 Å². The van der Waals surface area contributed by atoms with Crippen molar-refractivity contribution < 1.29 is 8.78 Å². The van der Waals surface area contributed by atoms with Crippen LogP contribution in [0.4, 0.5) is 8.78 Å². The average Bonchev–Trinajstić information content (AvgIpc) is 2.37. The molecular weight excluding hydrogens is 244 g/mol. The molecule has 0 aromatic heterocycles. The molecule has 0 unspecified atom stereocenters. The van der Waals surface area contributed by atoms with Crippen LogP contribution in [-0.2, 0) is 13.1 Å². The molecule has 1 nitrogen and oxygen atoms in total. The Bertz CT molecular complexity index is 549. The van der Waals surface area contributed by atoms with Gasteiger partial charge in [-0.1, -0.05) is 30.3 Å². The minimum absolute atomic E-state index is 0.573. The van der Waals surface area contributed by atoms with E-state index in [4.69, 9.17) is 0 Å². The molecule has 1 radical (unpaired) electrons. The van der Waals surface area contributed by atoms with Crippen LogP contribution in [0.25, 0.3) is 0 Å². The molecule has 0 heterocycles. The van der Waals surface area contributed by atoms with Crippen LogP contribution in [0.1, 0.15) is 16.7 Å². The highest BCUT2D eigenvalue weighted by Crippen LogP contribution is 2.12. The summed E-state index contributed by atoms with van der Waals surface area (Å²) in [6, 6.07) is 12.0. The van der Waals surface area contributed by atoms with Crippen LogP contribution in [0.2, 0.25) is 0 Å². The van der Waals surface area contributed by atoms with E-state index in [2.05, 4.69) is 6.92 Å². The smallest absolute Gasteiger partial charge is 0.159 e. The molecule has 99 valence electrons. The highest BCUT2D eigenvalue weighted by atomic mass is 19.2. The predicted molar refractivity (Wildman–Crippen MR) is 72.4 cm³/mol. The summed E-state index contributed by atoms with van der Waals surface area (Å²) in [7, 11) is 1.94. The van der Waals surface area contributed by atoms with E-state index in [1.807, 2.05) is 36.2 Å². The Morgan fingerprint density at radius 2 is 1.47 bits per heavy atom. The van der Waals surface area contributed by atoms with Crippen LogP contribution in [-0.4, -0.2) is 11.9 Å². The molecule has 0 aliphatic rings. The van der Waals surface area contributed by atoms with E-state index in [1.54, 1.807) is 6.07 Å². The molecule has 0 aliphatic carbocycles. The topological polar surface area (TPSA) is 3.24 Å². The van der Waals surface area contributed by atoms with Crippen molar-refractivity contribution in [2.24, 2.45) is 0 Å². The van der Waals surface area contributed by atoms with Crippen molar-refractivity contribution in [2.45, 2.75) is 13.1 Å².